The number of nitrogens with zero attached hydrogens (tertiary/aromatic N) is 1. The second-order valence-electron chi connectivity index (χ2n) is 3.59. The molecule has 1 aromatic carbocycles. The zero-order valence-electron chi connectivity index (χ0n) is 8.23. The van der Waals surface area contributed by atoms with Gasteiger partial charge in [-0.15, -0.1) is 11.3 Å². The summed E-state index contributed by atoms with van der Waals surface area (Å²) in [6.07, 6.45) is 0. The van der Waals surface area contributed by atoms with Crippen LogP contribution in [0.15, 0.2) is 40.5 Å². The maximum atomic E-state index is 11.8. The molecule has 0 unspecified atom stereocenters. The van der Waals surface area contributed by atoms with Gasteiger partial charge in [0.15, 0.2) is 0 Å². The van der Waals surface area contributed by atoms with Gasteiger partial charge in [-0.3, -0.25) is 9.20 Å². The van der Waals surface area contributed by atoms with Crippen LogP contribution in [0.3, 0.4) is 0 Å². The normalized spacial score (nSPS) is 11.3. The molecular formula is C12H9NOS. The minimum Gasteiger partial charge on any atom is -0.271 e. The van der Waals surface area contributed by atoms with Crippen LogP contribution in [-0.2, 0) is 0 Å². The number of aryl methyl sites for hydroxylation is 1. The van der Waals surface area contributed by atoms with Gasteiger partial charge in [-0.25, -0.2) is 0 Å². The Kier molecular flexibility index (Phi) is 1.70. The zero-order valence-corrected chi connectivity index (χ0v) is 9.04. The van der Waals surface area contributed by atoms with Gasteiger partial charge in [-0.2, -0.15) is 0 Å². The molecule has 0 aliphatic rings. The first-order valence-electron chi connectivity index (χ1n) is 4.76. The largest absolute Gasteiger partial charge is 0.271 e. The van der Waals surface area contributed by atoms with Crippen molar-refractivity contribution in [3.8, 4) is 0 Å². The van der Waals surface area contributed by atoms with Gasteiger partial charge in [-0.05, 0) is 12.3 Å². The van der Waals surface area contributed by atoms with Crippen molar-refractivity contribution in [2.24, 2.45) is 0 Å². The summed E-state index contributed by atoms with van der Waals surface area (Å²) in [5.41, 5.74) is 1.06. The van der Waals surface area contributed by atoms with Gasteiger partial charge >= 0.3 is 0 Å². The second kappa shape index (κ2) is 2.94. The van der Waals surface area contributed by atoms with Crippen LogP contribution in [0, 0.1) is 6.92 Å². The van der Waals surface area contributed by atoms with Crippen LogP contribution in [-0.4, -0.2) is 4.40 Å². The number of hydrogen-bond donors (Lipinski definition) is 0. The van der Waals surface area contributed by atoms with Gasteiger partial charge in [0.2, 0.25) is 0 Å². The fourth-order valence-corrected chi connectivity index (χ4v) is 2.92. The Bertz CT molecular complexity index is 708. The average Bonchev–Trinajstić information content (AvgIpc) is 2.62. The smallest absolute Gasteiger partial charge is 0.256 e. The molecule has 0 aliphatic heterocycles. The molecule has 2 heterocycles. The summed E-state index contributed by atoms with van der Waals surface area (Å²) in [5.74, 6) is 0. The van der Waals surface area contributed by atoms with Crippen LogP contribution in [0.2, 0.25) is 0 Å². The van der Waals surface area contributed by atoms with E-state index in [1.54, 1.807) is 21.8 Å². The van der Waals surface area contributed by atoms with Crippen molar-refractivity contribution in [2.75, 3.05) is 0 Å². The first-order valence-corrected chi connectivity index (χ1v) is 5.64. The Morgan fingerprint density at radius 2 is 2.07 bits per heavy atom. The number of hydrogen-bond acceptors (Lipinski definition) is 2. The van der Waals surface area contributed by atoms with Crippen LogP contribution in [0.5, 0.6) is 0 Å². The number of benzene rings is 1. The molecule has 2 nitrogen and oxygen atoms in total. The monoisotopic (exact) mass is 215 g/mol. The third-order valence-corrected chi connectivity index (χ3v) is 3.67. The highest BCUT2D eigenvalue weighted by molar-refractivity contribution is 7.16. The van der Waals surface area contributed by atoms with Gasteiger partial charge in [-0.1, -0.05) is 24.3 Å². The Morgan fingerprint density at radius 3 is 2.93 bits per heavy atom. The van der Waals surface area contributed by atoms with Crippen molar-refractivity contribution in [2.45, 2.75) is 6.92 Å². The van der Waals surface area contributed by atoms with E-state index in [-0.39, 0.29) is 5.56 Å². The lowest BCUT2D eigenvalue weighted by Gasteiger charge is -2.00. The van der Waals surface area contributed by atoms with Gasteiger partial charge in [0.05, 0.1) is 0 Å². The van der Waals surface area contributed by atoms with Crippen molar-refractivity contribution < 1.29 is 0 Å². The Labute approximate surface area is 90.4 Å². The molecule has 74 valence electrons. The van der Waals surface area contributed by atoms with E-state index in [2.05, 4.69) is 6.07 Å². The van der Waals surface area contributed by atoms with E-state index >= 15 is 0 Å². The molecule has 0 fully saturated rings. The molecule has 2 aromatic heterocycles. The molecule has 0 spiro atoms. The summed E-state index contributed by atoms with van der Waals surface area (Å²) < 4.78 is 1.77. The van der Waals surface area contributed by atoms with Crippen molar-refractivity contribution >= 4 is 26.9 Å². The quantitative estimate of drug-likeness (QED) is 0.565. The molecule has 0 saturated carbocycles. The highest BCUT2D eigenvalue weighted by Crippen LogP contribution is 2.23. The van der Waals surface area contributed by atoms with E-state index in [4.69, 9.17) is 0 Å². The fourth-order valence-electron chi connectivity index (χ4n) is 1.88. The average molecular weight is 215 g/mol. The van der Waals surface area contributed by atoms with E-state index in [1.807, 2.05) is 30.5 Å². The third-order valence-electron chi connectivity index (χ3n) is 2.59. The minimum absolute atomic E-state index is 0.0578. The van der Waals surface area contributed by atoms with Crippen LogP contribution in [0.4, 0.5) is 0 Å². The van der Waals surface area contributed by atoms with E-state index in [1.165, 1.54) is 0 Å². The lowest BCUT2D eigenvalue weighted by Crippen LogP contribution is -2.11. The maximum Gasteiger partial charge on any atom is 0.256 e. The Hall–Kier alpha value is -1.61. The van der Waals surface area contributed by atoms with Crippen molar-refractivity contribution in [3.63, 3.8) is 0 Å². The van der Waals surface area contributed by atoms with Gasteiger partial charge < -0.3 is 0 Å². The summed E-state index contributed by atoms with van der Waals surface area (Å²) in [6, 6.07) is 9.69. The first-order chi connectivity index (χ1) is 7.27. The summed E-state index contributed by atoms with van der Waals surface area (Å²) >= 11 is 1.62. The highest BCUT2D eigenvalue weighted by atomic mass is 32.1. The van der Waals surface area contributed by atoms with Crippen LogP contribution < -0.4 is 5.56 Å². The van der Waals surface area contributed by atoms with E-state index in [0.717, 1.165) is 21.3 Å². The predicted molar refractivity (Wildman–Crippen MR) is 63.8 cm³/mol. The molecule has 0 radical (unpaired) electrons. The van der Waals surface area contributed by atoms with E-state index in [0.29, 0.717) is 0 Å². The van der Waals surface area contributed by atoms with E-state index in [9.17, 15) is 4.79 Å². The molecule has 0 amide bonds. The number of thiazole rings is 1. The Balaban J connectivity index is 2.71. The first kappa shape index (κ1) is 8.68. The zero-order chi connectivity index (χ0) is 10.4. The van der Waals surface area contributed by atoms with Gasteiger partial charge in [0.25, 0.3) is 5.56 Å². The fraction of sp³-hybridized carbons (Fsp3) is 0.0833. The molecule has 15 heavy (non-hydrogen) atoms. The van der Waals surface area contributed by atoms with Gasteiger partial charge in [0, 0.05) is 22.5 Å². The summed E-state index contributed by atoms with van der Waals surface area (Å²) in [6.45, 7) is 1.96. The SMILES string of the molecule is Cc1csc2c3ccccc3cc(=O)n12. The molecule has 0 aliphatic carbocycles. The van der Waals surface area contributed by atoms with Crippen LogP contribution in [0.1, 0.15) is 5.69 Å². The van der Waals surface area contributed by atoms with Crippen LogP contribution >= 0.6 is 11.3 Å². The highest BCUT2D eigenvalue weighted by Gasteiger charge is 2.06. The lowest BCUT2D eigenvalue weighted by atomic mass is 10.2. The Morgan fingerprint density at radius 1 is 1.27 bits per heavy atom. The van der Waals surface area contributed by atoms with Crippen molar-refractivity contribution in [1.29, 1.82) is 0 Å². The summed E-state index contributed by atoms with van der Waals surface area (Å²) in [7, 11) is 0. The number of aromatic nitrogens is 1. The predicted octanol–water partition coefficient (Wildman–Crippen LogP) is 2.82. The maximum absolute atomic E-state index is 11.8. The topological polar surface area (TPSA) is 21.5 Å². The third kappa shape index (κ3) is 1.13. The molecule has 0 bridgehead atoms. The molecule has 3 heteroatoms. The minimum atomic E-state index is 0.0578. The number of rotatable bonds is 0. The lowest BCUT2D eigenvalue weighted by molar-refractivity contribution is 1.07. The van der Waals surface area contributed by atoms with Gasteiger partial charge in [0.1, 0.15) is 4.83 Å². The van der Waals surface area contributed by atoms with Crippen molar-refractivity contribution in [1.82, 2.24) is 4.40 Å². The standard InChI is InChI=1S/C12H9NOS/c1-8-7-15-12-10-5-3-2-4-9(10)6-11(14)13(8)12/h2-7H,1H3. The molecular weight excluding hydrogens is 206 g/mol. The second-order valence-corrected chi connectivity index (χ2v) is 4.45. The molecule has 0 saturated heterocycles. The number of fused-ring (bicyclic) bond motifs is 3. The van der Waals surface area contributed by atoms with E-state index < -0.39 is 0 Å². The number of pyridine rings is 1. The van der Waals surface area contributed by atoms with Crippen LogP contribution in [0.25, 0.3) is 15.6 Å². The molecule has 3 aromatic rings. The van der Waals surface area contributed by atoms with Crippen molar-refractivity contribution in [3.05, 3.63) is 51.8 Å². The summed E-state index contributed by atoms with van der Waals surface area (Å²) in [4.78, 5) is 12.9. The molecule has 0 atom stereocenters. The molecule has 0 N–H and O–H groups in total. The molecule has 3 rings (SSSR count). The summed E-state index contributed by atoms with van der Waals surface area (Å²) in [5, 5.41) is 4.18.